The highest BCUT2D eigenvalue weighted by Gasteiger charge is 2.23. The molecule has 0 aliphatic carbocycles. The summed E-state index contributed by atoms with van der Waals surface area (Å²) in [6.07, 6.45) is 5.18. The first-order chi connectivity index (χ1) is 16.7. The minimum atomic E-state index is -0.445. The predicted molar refractivity (Wildman–Crippen MR) is 133 cm³/mol. The Kier molecular flexibility index (Phi) is 8.86. The van der Waals surface area contributed by atoms with Gasteiger partial charge in [0.1, 0.15) is 17.8 Å². The number of pyridine rings is 1. The minimum absolute atomic E-state index is 0.120. The van der Waals surface area contributed by atoms with E-state index in [0.717, 1.165) is 31.5 Å². The van der Waals surface area contributed by atoms with E-state index in [4.69, 9.17) is 15.6 Å². The Morgan fingerprint density at radius 3 is 2.53 bits per heavy atom. The first kappa shape index (κ1) is 25.0. The van der Waals surface area contributed by atoms with Crippen molar-refractivity contribution in [3.8, 4) is 22.9 Å². The number of ether oxygens (including phenoxy) is 1. The van der Waals surface area contributed by atoms with E-state index in [0.29, 0.717) is 22.5 Å². The predicted octanol–water partition coefficient (Wildman–Crippen LogP) is 5.38. The maximum atomic E-state index is 13.8. The van der Waals surface area contributed by atoms with Crippen molar-refractivity contribution in [3.63, 3.8) is 0 Å². The number of anilines is 1. The number of nitrogens with two attached hydrogens (primary N) is 1. The van der Waals surface area contributed by atoms with Gasteiger partial charge >= 0.3 is 0 Å². The lowest BCUT2D eigenvalue weighted by Crippen LogP contribution is -2.32. The number of benzene rings is 1. The van der Waals surface area contributed by atoms with E-state index in [-0.39, 0.29) is 17.7 Å². The summed E-state index contributed by atoms with van der Waals surface area (Å²) >= 11 is 0. The summed E-state index contributed by atoms with van der Waals surface area (Å²) < 4.78 is 21.3. The van der Waals surface area contributed by atoms with Gasteiger partial charge in [0, 0.05) is 24.4 Å². The number of rotatable bonds is 4. The summed E-state index contributed by atoms with van der Waals surface area (Å²) in [4.78, 5) is 12.9. The third-order valence-corrected chi connectivity index (χ3v) is 5.20. The molecule has 0 spiro atoms. The van der Waals surface area contributed by atoms with Gasteiger partial charge in [-0.05, 0) is 37.6 Å². The third-order valence-electron chi connectivity index (χ3n) is 5.20. The first-order valence-electron chi connectivity index (χ1n) is 11.8. The number of halogens is 1. The number of nitrogen functional groups attached to an aromatic ring is 1. The maximum absolute atomic E-state index is 13.8. The Morgan fingerprint density at radius 1 is 1.06 bits per heavy atom. The number of hydrogen-bond donors (Lipinski definition) is 2. The van der Waals surface area contributed by atoms with Crippen molar-refractivity contribution in [3.05, 3.63) is 54.7 Å². The van der Waals surface area contributed by atoms with Crippen LogP contribution in [0.3, 0.4) is 0 Å². The quantitative estimate of drug-likeness (QED) is 0.417. The van der Waals surface area contributed by atoms with Crippen LogP contribution in [0, 0.1) is 5.82 Å². The molecule has 1 saturated heterocycles. The van der Waals surface area contributed by atoms with Gasteiger partial charge in [0.2, 0.25) is 5.88 Å². The van der Waals surface area contributed by atoms with Crippen LogP contribution in [-0.2, 0) is 0 Å². The van der Waals surface area contributed by atoms with Gasteiger partial charge in [0.25, 0.3) is 0 Å². The topological polar surface area (TPSA) is 104 Å². The van der Waals surface area contributed by atoms with Crippen molar-refractivity contribution < 1.29 is 9.13 Å². The Labute approximate surface area is 199 Å². The summed E-state index contributed by atoms with van der Waals surface area (Å²) in [6, 6.07) is 9.89. The van der Waals surface area contributed by atoms with Crippen LogP contribution in [0.2, 0.25) is 0 Å². The highest BCUT2D eigenvalue weighted by Crippen LogP contribution is 2.33. The molecule has 4 aromatic rings. The number of nitrogens with zero attached hydrogens (tertiary/aromatic N) is 5. The van der Waals surface area contributed by atoms with Crippen LogP contribution >= 0.6 is 0 Å². The molecule has 0 bridgehead atoms. The standard InChI is InChI=1S/C21H20FN7O.2C2H6/c22-15-5-1-2-6-16(15)30-17-8-7-13(10-25-17)19-18-20(23)26-12-27-21(18)29(28-19)14-4-3-9-24-11-14;2*1-2/h1-2,5-8,10,12,14,24H,3-4,9,11H2,(H2,23,26,27);2*1-2H3. The normalized spacial score (nSPS) is 15.0. The highest BCUT2D eigenvalue weighted by atomic mass is 19.1. The molecule has 34 heavy (non-hydrogen) atoms. The summed E-state index contributed by atoms with van der Waals surface area (Å²) in [6.45, 7) is 9.83. The Bertz CT molecular complexity index is 1190. The zero-order valence-corrected chi connectivity index (χ0v) is 20.1. The first-order valence-corrected chi connectivity index (χ1v) is 11.8. The molecule has 0 radical (unpaired) electrons. The molecule has 4 heterocycles. The molecular formula is C25H32FN7O. The Morgan fingerprint density at radius 2 is 1.85 bits per heavy atom. The third kappa shape index (κ3) is 5.31. The lowest BCUT2D eigenvalue weighted by atomic mass is 10.1. The molecule has 1 aromatic carbocycles. The van der Waals surface area contributed by atoms with Gasteiger partial charge in [-0.25, -0.2) is 24.0 Å². The minimum Gasteiger partial charge on any atom is -0.436 e. The molecule has 1 aliphatic rings. The maximum Gasteiger partial charge on any atom is 0.219 e. The van der Waals surface area contributed by atoms with E-state index >= 15 is 0 Å². The van der Waals surface area contributed by atoms with Gasteiger partial charge in [-0.2, -0.15) is 5.10 Å². The number of fused-ring (bicyclic) bond motifs is 1. The van der Waals surface area contributed by atoms with E-state index in [2.05, 4.69) is 20.3 Å². The van der Waals surface area contributed by atoms with Crippen molar-refractivity contribution >= 4 is 16.9 Å². The van der Waals surface area contributed by atoms with Gasteiger partial charge in [-0.15, -0.1) is 0 Å². The van der Waals surface area contributed by atoms with Crippen molar-refractivity contribution in [2.75, 3.05) is 18.8 Å². The monoisotopic (exact) mass is 465 g/mol. The smallest absolute Gasteiger partial charge is 0.219 e. The summed E-state index contributed by atoms with van der Waals surface area (Å²) in [5.41, 5.74) is 8.31. The fourth-order valence-corrected chi connectivity index (χ4v) is 3.72. The van der Waals surface area contributed by atoms with Crippen molar-refractivity contribution in [2.24, 2.45) is 0 Å². The zero-order chi connectivity index (χ0) is 24.5. The second-order valence-corrected chi connectivity index (χ2v) is 7.17. The summed E-state index contributed by atoms with van der Waals surface area (Å²) in [5.74, 6) is 0.332. The van der Waals surface area contributed by atoms with Crippen LogP contribution in [0.1, 0.15) is 46.6 Å². The van der Waals surface area contributed by atoms with Gasteiger partial charge in [0.15, 0.2) is 17.2 Å². The molecule has 0 amide bonds. The molecule has 3 N–H and O–H groups in total. The SMILES string of the molecule is CC.CC.Nc1ncnc2c1c(-c1ccc(Oc3ccccc3F)nc1)nn2C1CCCNC1. The van der Waals surface area contributed by atoms with Gasteiger partial charge in [0.05, 0.1) is 11.4 Å². The number of nitrogens with one attached hydrogen (secondary N) is 1. The molecule has 3 aromatic heterocycles. The Balaban J connectivity index is 0.000000771. The van der Waals surface area contributed by atoms with E-state index in [1.807, 2.05) is 38.4 Å². The van der Waals surface area contributed by atoms with Crippen LogP contribution in [0.15, 0.2) is 48.9 Å². The highest BCUT2D eigenvalue weighted by molar-refractivity contribution is 5.98. The van der Waals surface area contributed by atoms with Crippen molar-refractivity contribution in [1.29, 1.82) is 0 Å². The van der Waals surface area contributed by atoms with Crippen LogP contribution in [0.5, 0.6) is 11.6 Å². The fraction of sp³-hybridized carbons (Fsp3) is 0.360. The van der Waals surface area contributed by atoms with Crippen molar-refractivity contribution in [2.45, 2.75) is 46.6 Å². The average Bonchev–Trinajstić information content (AvgIpc) is 3.30. The molecule has 0 saturated carbocycles. The molecule has 1 atom stereocenters. The molecule has 1 fully saturated rings. The fourth-order valence-electron chi connectivity index (χ4n) is 3.72. The number of para-hydroxylation sites is 1. The van der Waals surface area contributed by atoms with Crippen molar-refractivity contribution in [1.82, 2.24) is 30.0 Å². The van der Waals surface area contributed by atoms with Gasteiger partial charge in [-0.1, -0.05) is 39.8 Å². The molecule has 1 aliphatic heterocycles. The molecule has 8 nitrogen and oxygen atoms in total. The molecule has 5 rings (SSSR count). The van der Waals surface area contributed by atoms with Gasteiger partial charge in [-0.3, -0.25) is 0 Å². The van der Waals surface area contributed by atoms with Gasteiger partial charge < -0.3 is 15.8 Å². The average molecular weight is 466 g/mol. The van der Waals surface area contributed by atoms with E-state index < -0.39 is 5.82 Å². The largest absolute Gasteiger partial charge is 0.436 e. The van der Waals surface area contributed by atoms with E-state index in [1.165, 1.54) is 12.4 Å². The second-order valence-electron chi connectivity index (χ2n) is 7.17. The van der Waals surface area contributed by atoms with E-state index in [1.54, 1.807) is 30.5 Å². The van der Waals surface area contributed by atoms with Crippen LogP contribution in [-0.4, -0.2) is 37.8 Å². The summed E-state index contributed by atoms with van der Waals surface area (Å²) in [7, 11) is 0. The van der Waals surface area contributed by atoms with Crippen LogP contribution in [0.4, 0.5) is 10.2 Å². The molecule has 9 heteroatoms. The van der Waals surface area contributed by atoms with Crippen LogP contribution in [0.25, 0.3) is 22.3 Å². The number of hydrogen-bond acceptors (Lipinski definition) is 7. The molecule has 1 unspecified atom stereocenters. The zero-order valence-electron chi connectivity index (χ0n) is 20.1. The Hall–Kier alpha value is -3.59. The van der Waals surface area contributed by atoms with Crippen LogP contribution < -0.4 is 15.8 Å². The summed E-state index contributed by atoms with van der Waals surface area (Å²) in [5, 5.41) is 8.93. The number of piperidine rings is 1. The molecule has 180 valence electrons. The van der Waals surface area contributed by atoms with E-state index in [9.17, 15) is 4.39 Å². The second kappa shape index (κ2) is 12.0. The lowest BCUT2D eigenvalue weighted by molar-refractivity contribution is 0.354. The lowest BCUT2D eigenvalue weighted by Gasteiger charge is -2.23. The molecular weight excluding hydrogens is 433 g/mol. The number of aromatic nitrogens is 5.